The van der Waals surface area contributed by atoms with Crippen molar-refractivity contribution in [2.75, 3.05) is 0 Å². The van der Waals surface area contributed by atoms with Crippen LogP contribution in [0.1, 0.15) is 22.6 Å². The SMILES string of the molecule is c1ccc(-c2cccc(-n3c4ccccc4c4cc(-c5ccc6c(c5)c5ccccc5n6-c5ccc6c(c5)C(c5ccccc5)c5ccccc5-6)ccc43)c2)cc1. The zero-order chi connectivity index (χ0) is 37.5. The summed E-state index contributed by atoms with van der Waals surface area (Å²) < 4.78 is 4.87. The number of hydrogen-bond acceptors (Lipinski definition) is 0. The maximum atomic E-state index is 2.46. The van der Waals surface area contributed by atoms with E-state index < -0.39 is 0 Å². The first-order valence-corrected chi connectivity index (χ1v) is 19.8. The average Bonchev–Trinajstić information content (AvgIpc) is 3.92. The molecule has 1 unspecified atom stereocenters. The number of fused-ring (bicyclic) bond motifs is 9. The van der Waals surface area contributed by atoms with Crippen LogP contribution in [0.5, 0.6) is 0 Å². The molecule has 0 saturated carbocycles. The molecule has 1 atom stereocenters. The minimum Gasteiger partial charge on any atom is -0.309 e. The zero-order valence-electron chi connectivity index (χ0n) is 31.2. The van der Waals surface area contributed by atoms with E-state index >= 15 is 0 Å². The van der Waals surface area contributed by atoms with Gasteiger partial charge in [-0.3, -0.25) is 0 Å². The van der Waals surface area contributed by atoms with Crippen molar-refractivity contribution < 1.29 is 0 Å². The summed E-state index contributed by atoms with van der Waals surface area (Å²) in [6, 6.07) is 78.1. The average molecular weight is 725 g/mol. The monoisotopic (exact) mass is 724 g/mol. The Morgan fingerprint density at radius 2 is 0.789 bits per heavy atom. The summed E-state index contributed by atoms with van der Waals surface area (Å²) in [5, 5.41) is 5.02. The molecular weight excluding hydrogens is 689 g/mol. The maximum Gasteiger partial charge on any atom is 0.0541 e. The molecule has 0 bridgehead atoms. The van der Waals surface area contributed by atoms with Crippen LogP contribution in [0.4, 0.5) is 0 Å². The van der Waals surface area contributed by atoms with Gasteiger partial charge in [-0.1, -0.05) is 152 Å². The van der Waals surface area contributed by atoms with Crippen LogP contribution in [-0.4, -0.2) is 9.13 Å². The summed E-state index contributed by atoms with van der Waals surface area (Å²) in [5.74, 6) is 0.200. The Morgan fingerprint density at radius 1 is 0.281 bits per heavy atom. The van der Waals surface area contributed by atoms with Crippen LogP contribution in [-0.2, 0) is 0 Å². The minimum atomic E-state index is 0.200. The van der Waals surface area contributed by atoms with E-state index in [4.69, 9.17) is 0 Å². The van der Waals surface area contributed by atoms with E-state index in [9.17, 15) is 0 Å². The second-order valence-electron chi connectivity index (χ2n) is 15.3. The number of rotatable bonds is 5. The molecule has 57 heavy (non-hydrogen) atoms. The van der Waals surface area contributed by atoms with E-state index in [-0.39, 0.29) is 5.92 Å². The standard InChI is InChI=1S/C55H36N2/c1-3-14-36(15-4-1)38-18-13-19-41(32-38)56-51-24-11-9-21-45(51)48-33-39(26-30-53(48)56)40-27-31-54-49(34-40)46-22-10-12-25-52(46)57(54)42-28-29-44-43-20-7-8-23-47(43)55(50(44)35-42)37-16-5-2-6-17-37/h1-35,55H. The third-order valence-corrected chi connectivity index (χ3v) is 12.2. The molecule has 266 valence electrons. The molecular formula is C55H36N2. The number of hydrogen-bond donors (Lipinski definition) is 0. The normalized spacial score (nSPS) is 13.4. The molecule has 0 N–H and O–H groups in total. The van der Waals surface area contributed by atoms with Crippen LogP contribution >= 0.6 is 0 Å². The lowest BCUT2D eigenvalue weighted by molar-refractivity contribution is 1.01. The topological polar surface area (TPSA) is 9.86 Å². The highest BCUT2D eigenvalue weighted by Gasteiger charge is 2.30. The van der Waals surface area contributed by atoms with Gasteiger partial charge < -0.3 is 9.13 Å². The van der Waals surface area contributed by atoms with Crippen molar-refractivity contribution in [2.24, 2.45) is 0 Å². The Balaban J connectivity index is 0.998. The predicted octanol–water partition coefficient (Wildman–Crippen LogP) is 14.4. The van der Waals surface area contributed by atoms with Crippen molar-refractivity contribution >= 4 is 43.6 Å². The van der Waals surface area contributed by atoms with E-state index in [1.54, 1.807) is 0 Å². The summed E-state index contributed by atoms with van der Waals surface area (Å²) in [6.07, 6.45) is 0. The number of aromatic nitrogens is 2. The molecule has 0 saturated heterocycles. The molecule has 0 aliphatic heterocycles. The summed E-state index contributed by atoms with van der Waals surface area (Å²) in [5.41, 5.74) is 18.8. The molecule has 1 aliphatic carbocycles. The molecule has 12 rings (SSSR count). The lowest BCUT2D eigenvalue weighted by Gasteiger charge is -2.16. The van der Waals surface area contributed by atoms with Crippen LogP contribution in [0, 0.1) is 0 Å². The predicted molar refractivity (Wildman–Crippen MR) is 239 cm³/mol. The number of benzene rings is 9. The van der Waals surface area contributed by atoms with E-state index in [2.05, 4.69) is 221 Å². The first kappa shape index (κ1) is 31.9. The Morgan fingerprint density at radius 3 is 1.47 bits per heavy atom. The second kappa shape index (κ2) is 12.6. The molecule has 9 aromatic carbocycles. The Hall–Kier alpha value is -7.42. The van der Waals surface area contributed by atoms with Crippen molar-refractivity contribution in [1.82, 2.24) is 9.13 Å². The van der Waals surface area contributed by atoms with Crippen LogP contribution < -0.4 is 0 Å². The van der Waals surface area contributed by atoms with Gasteiger partial charge >= 0.3 is 0 Å². The highest BCUT2D eigenvalue weighted by atomic mass is 15.0. The quantitative estimate of drug-likeness (QED) is 0.167. The van der Waals surface area contributed by atoms with Crippen LogP contribution in [0.15, 0.2) is 212 Å². The fourth-order valence-electron chi connectivity index (χ4n) is 9.66. The van der Waals surface area contributed by atoms with Gasteiger partial charge in [-0.2, -0.15) is 0 Å². The zero-order valence-corrected chi connectivity index (χ0v) is 31.2. The molecule has 2 heterocycles. The van der Waals surface area contributed by atoms with E-state index in [1.807, 2.05) is 0 Å². The lowest BCUT2D eigenvalue weighted by Crippen LogP contribution is -2.01. The van der Waals surface area contributed by atoms with Crippen molar-refractivity contribution in [3.8, 4) is 44.8 Å². The molecule has 0 amide bonds. The molecule has 2 aromatic heterocycles. The van der Waals surface area contributed by atoms with Crippen LogP contribution in [0.2, 0.25) is 0 Å². The molecule has 11 aromatic rings. The van der Waals surface area contributed by atoms with E-state index in [0.29, 0.717) is 0 Å². The molecule has 0 radical (unpaired) electrons. The van der Waals surface area contributed by atoms with Gasteiger partial charge in [0.15, 0.2) is 0 Å². The smallest absolute Gasteiger partial charge is 0.0541 e. The van der Waals surface area contributed by atoms with Crippen LogP contribution in [0.3, 0.4) is 0 Å². The molecule has 1 aliphatic rings. The van der Waals surface area contributed by atoms with Gasteiger partial charge in [-0.15, -0.1) is 0 Å². The summed E-state index contributed by atoms with van der Waals surface area (Å²) >= 11 is 0. The summed E-state index contributed by atoms with van der Waals surface area (Å²) in [4.78, 5) is 0. The van der Waals surface area contributed by atoms with Gasteiger partial charge in [0.25, 0.3) is 0 Å². The molecule has 2 nitrogen and oxygen atoms in total. The first-order valence-electron chi connectivity index (χ1n) is 19.8. The number of para-hydroxylation sites is 2. The van der Waals surface area contributed by atoms with Crippen molar-refractivity contribution in [3.63, 3.8) is 0 Å². The van der Waals surface area contributed by atoms with Crippen molar-refractivity contribution in [3.05, 3.63) is 229 Å². The maximum absolute atomic E-state index is 2.46. The highest BCUT2D eigenvalue weighted by molar-refractivity contribution is 6.12. The summed E-state index contributed by atoms with van der Waals surface area (Å²) in [7, 11) is 0. The van der Waals surface area contributed by atoms with E-state index in [1.165, 1.54) is 99.4 Å². The van der Waals surface area contributed by atoms with Gasteiger partial charge in [0.1, 0.15) is 0 Å². The van der Waals surface area contributed by atoms with Crippen LogP contribution in [0.25, 0.3) is 88.4 Å². The first-order chi connectivity index (χ1) is 28.3. The molecule has 0 spiro atoms. The van der Waals surface area contributed by atoms with Crippen molar-refractivity contribution in [2.45, 2.75) is 5.92 Å². The molecule has 0 fully saturated rings. The fourth-order valence-corrected chi connectivity index (χ4v) is 9.66. The van der Waals surface area contributed by atoms with E-state index in [0.717, 1.165) is 5.69 Å². The van der Waals surface area contributed by atoms with Gasteiger partial charge in [0.2, 0.25) is 0 Å². The minimum absolute atomic E-state index is 0.200. The highest BCUT2D eigenvalue weighted by Crippen LogP contribution is 2.49. The lowest BCUT2D eigenvalue weighted by atomic mass is 9.89. The third kappa shape index (κ3) is 4.91. The second-order valence-corrected chi connectivity index (χ2v) is 15.3. The van der Waals surface area contributed by atoms with Gasteiger partial charge in [0.05, 0.1) is 22.1 Å². The number of nitrogens with zero attached hydrogens (tertiary/aromatic N) is 2. The Kier molecular flexibility index (Phi) is 7.02. The third-order valence-electron chi connectivity index (χ3n) is 12.2. The van der Waals surface area contributed by atoms with Crippen molar-refractivity contribution in [1.29, 1.82) is 0 Å². The Bertz CT molecular complexity index is 3350. The fraction of sp³-hybridized carbons (Fsp3) is 0.0182. The Labute approximate surface area is 331 Å². The summed E-state index contributed by atoms with van der Waals surface area (Å²) in [6.45, 7) is 0. The van der Waals surface area contributed by atoms with Gasteiger partial charge in [-0.05, 0) is 111 Å². The largest absolute Gasteiger partial charge is 0.309 e. The molecule has 2 heteroatoms. The van der Waals surface area contributed by atoms with Gasteiger partial charge in [0, 0.05) is 38.8 Å². The van der Waals surface area contributed by atoms with Gasteiger partial charge in [-0.25, -0.2) is 0 Å².